The first-order valence-electron chi connectivity index (χ1n) is 5.42. The van der Waals surface area contributed by atoms with E-state index in [1.807, 2.05) is 6.92 Å². The van der Waals surface area contributed by atoms with Crippen molar-refractivity contribution in [2.75, 3.05) is 33.7 Å². The predicted molar refractivity (Wildman–Crippen MR) is 57.9 cm³/mol. The number of hydrogen-bond acceptors (Lipinski definition) is 3. The van der Waals surface area contributed by atoms with Crippen LogP contribution in [-0.4, -0.2) is 49.6 Å². The molecule has 3 heteroatoms. The van der Waals surface area contributed by atoms with Gasteiger partial charge >= 0.3 is 0 Å². The van der Waals surface area contributed by atoms with Gasteiger partial charge in [0.05, 0.1) is 12.0 Å². The molecule has 1 saturated heterocycles. The van der Waals surface area contributed by atoms with Crippen LogP contribution in [0.5, 0.6) is 0 Å². The molecule has 0 aromatic heterocycles. The Morgan fingerprint density at radius 3 is 2.93 bits per heavy atom. The van der Waals surface area contributed by atoms with Crippen molar-refractivity contribution in [3.05, 3.63) is 0 Å². The van der Waals surface area contributed by atoms with E-state index in [9.17, 15) is 0 Å². The normalized spacial score (nSPS) is 26.1. The molecule has 0 N–H and O–H groups in total. The molecule has 1 aliphatic rings. The van der Waals surface area contributed by atoms with Crippen LogP contribution < -0.4 is 0 Å². The molecule has 0 bridgehead atoms. The molecule has 0 amide bonds. The van der Waals surface area contributed by atoms with Gasteiger partial charge in [-0.2, -0.15) is 5.26 Å². The van der Waals surface area contributed by atoms with E-state index in [2.05, 4.69) is 30.0 Å². The minimum absolute atomic E-state index is 0.146. The van der Waals surface area contributed by atoms with Gasteiger partial charge in [-0.3, -0.25) is 0 Å². The highest BCUT2D eigenvalue weighted by Crippen LogP contribution is 2.14. The van der Waals surface area contributed by atoms with Crippen molar-refractivity contribution < 1.29 is 0 Å². The molecule has 0 spiro atoms. The Bertz CT molecular complexity index is 209. The van der Waals surface area contributed by atoms with Crippen LogP contribution in [0.25, 0.3) is 0 Å². The van der Waals surface area contributed by atoms with Gasteiger partial charge in [-0.15, -0.1) is 0 Å². The molecule has 0 aliphatic carbocycles. The topological polar surface area (TPSA) is 30.3 Å². The lowest BCUT2D eigenvalue weighted by molar-refractivity contribution is 0.128. The summed E-state index contributed by atoms with van der Waals surface area (Å²) in [6.45, 7) is 5.25. The van der Waals surface area contributed by atoms with Crippen LogP contribution in [0.3, 0.4) is 0 Å². The van der Waals surface area contributed by atoms with Gasteiger partial charge in [-0.25, -0.2) is 0 Å². The highest BCUT2D eigenvalue weighted by atomic mass is 15.2. The van der Waals surface area contributed by atoms with Crippen molar-refractivity contribution in [3.8, 4) is 6.07 Å². The van der Waals surface area contributed by atoms with Crippen LogP contribution >= 0.6 is 0 Å². The molecule has 1 fully saturated rings. The molecule has 1 rings (SSSR count). The largest absolute Gasteiger partial charge is 0.305 e. The van der Waals surface area contributed by atoms with E-state index >= 15 is 0 Å². The van der Waals surface area contributed by atoms with Crippen molar-refractivity contribution in [1.82, 2.24) is 9.80 Å². The molecular weight excluding hydrogens is 174 g/mol. The highest BCUT2D eigenvalue weighted by molar-refractivity contribution is 4.84. The minimum Gasteiger partial charge on any atom is -0.305 e. The van der Waals surface area contributed by atoms with Crippen LogP contribution in [0.15, 0.2) is 0 Å². The Hall–Kier alpha value is -0.590. The van der Waals surface area contributed by atoms with Gasteiger partial charge in [0.1, 0.15) is 0 Å². The van der Waals surface area contributed by atoms with E-state index in [-0.39, 0.29) is 5.92 Å². The van der Waals surface area contributed by atoms with Gasteiger partial charge < -0.3 is 9.80 Å². The van der Waals surface area contributed by atoms with Crippen molar-refractivity contribution in [2.24, 2.45) is 5.92 Å². The lowest BCUT2D eigenvalue weighted by atomic mass is 10.0. The summed E-state index contributed by atoms with van der Waals surface area (Å²) in [7, 11) is 4.31. The van der Waals surface area contributed by atoms with Crippen LogP contribution in [0, 0.1) is 17.2 Å². The number of nitriles is 1. The first-order chi connectivity index (χ1) is 6.63. The van der Waals surface area contributed by atoms with Gasteiger partial charge in [0.2, 0.25) is 0 Å². The number of likely N-dealkylation sites (N-methyl/N-ethyl adjacent to an activating group) is 2. The highest BCUT2D eigenvalue weighted by Gasteiger charge is 2.21. The van der Waals surface area contributed by atoms with Crippen LogP contribution in [0.4, 0.5) is 0 Å². The fourth-order valence-corrected chi connectivity index (χ4v) is 2.12. The summed E-state index contributed by atoms with van der Waals surface area (Å²) in [6.07, 6.45) is 2.56. The van der Waals surface area contributed by atoms with Crippen molar-refractivity contribution in [1.29, 1.82) is 5.26 Å². The zero-order valence-corrected chi connectivity index (χ0v) is 9.53. The van der Waals surface area contributed by atoms with Crippen molar-refractivity contribution in [3.63, 3.8) is 0 Å². The van der Waals surface area contributed by atoms with Gasteiger partial charge in [0, 0.05) is 19.1 Å². The zero-order chi connectivity index (χ0) is 10.6. The number of nitrogens with zero attached hydrogens (tertiary/aromatic N) is 3. The van der Waals surface area contributed by atoms with Gasteiger partial charge in [-0.05, 0) is 40.4 Å². The fraction of sp³-hybridized carbons (Fsp3) is 0.909. The fourth-order valence-electron chi connectivity index (χ4n) is 2.12. The van der Waals surface area contributed by atoms with Gasteiger partial charge in [-0.1, -0.05) is 0 Å². The minimum atomic E-state index is 0.146. The summed E-state index contributed by atoms with van der Waals surface area (Å²) >= 11 is 0. The van der Waals surface area contributed by atoms with Crippen LogP contribution in [-0.2, 0) is 0 Å². The second-order valence-electron chi connectivity index (χ2n) is 4.53. The lowest BCUT2D eigenvalue weighted by Gasteiger charge is -2.36. The summed E-state index contributed by atoms with van der Waals surface area (Å²) in [6, 6.07) is 2.93. The van der Waals surface area contributed by atoms with E-state index in [1.54, 1.807) is 0 Å². The second kappa shape index (κ2) is 5.33. The third-order valence-electron chi connectivity index (χ3n) is 3.01. The summed E-state index contributed by atoms with van der Waals surface area (Å²) in [5.74, 6) is 0.146. The maximum absolute atomic E-state index is 8.75. The van der Waals surface area contributed by atoms with Gasteiger partial charge in [0.25, 0.3) is 0 Å². The molecule has 80 valence electrons. The van der Waals surface area contributed by atoms with E-state index < -0.39 is 0 Å². The molecule has 0 aromatic carbocycles. The van der Waals surface area contributed by atoms with E-state index in [1.165, 1.54) is 19.4 Å². The third-order valence-corrected chi connectivity index (χ3v) is 3.01. The van der Waals surface area contributed by atoms with Crippen LogP contribution in [0.1, 0.15) is 19.8 Å². The van der Waals surface area contributed by atoms with Crippen molar-refractivity contribution >= 4 is 0 Å². The number of likely N-dealkylation sites (tertiary alicyclic amines) is 1. The molecule has 0 saturated carbocycles. The monoisotopic (exact) mass is 195 g/mol. The SMILES string of the molecule is CC(C#N)CN(C)C1CCCN(C)C1. The molecule has 1 heterocycles. The number of hydrogen-bond donors (Lipinski definition) is 0. The van der Waals surface area contributed by atoms with E-state index in [0.29, 0.717) is 6.04 Å². The summed E-state index contributed by atoms with van der Waals surface area (Å²) in [4.78, 5) is 4.71. The maximum Gasteiger partial charge on any atom is 0.0666 e. The number of piperidine rings is 1. The smallest absolute Gasteiger partial charge is 0.0666 e. The summed E-state index contributed by atoms with van der Waals surface area (Å²) < 4.78 is 0. The Balaban J connectivity index is 2.36. The van der Waals surface area contributed by atoms with E-state index in [0.717, 1.165) is 13.1 Å². The average Bonchev–Trinajstić information content (AvgIpc) is 2.17. The second-order valence-corrected chi connectivity index (χ2v) is 4.53. The average molecular weight is 195 g/mol. The Kier molecular flexibility index (Phi) is 4.37. The molecule has 0 radical (unpaired) electrons. The first kappa shape index (κ1) is 11.5. The molecule has 2 unspecified atom stereocenters. The molecule has 3 nitrogen and oxygen atoms in total. The lowest BCUT2D eigenvalue weighted by Crippen LogP contribution is -2.46. The summed E-state index contributed by atoms with van der Waals surface area (Å²) in [5, 5.41) is 8.75. The Morgan fingerprint density at radius 1 is 1.64 bits per heavy atom. The molecule has 0 aromatic rings. The Labute approximate surface area is 87.3 Å². The molecule has 1 aliphatic heterocycles. The molecular formula is C11H21N3. The molecule has 2 atom stereocenters. The summed E-state index contributed by atoms with van der Waals surface area (Å²) in [5.41, 5.74) is 0. The van der Waals surface area contributed by atoms with E-state index in [4.69, 9.17) is 5.26 Å². The van der Waals surface area contributed by atoms with Crippen molar-refractivity contribution in [2.45, 2.75) is 25.8 Å². The van der Waals surface area contributed by atoms with Crippen LogP contribution in [0.2, 0.25) is 0 Å². The predicted octanol–water partition coefficient (Wildman–Crippen LogP) is 1.17. The quantitative estimate of drug-likeness (QED) is 0.677. The molecule has 14 heavy (non-hydrogen) atoms. The number of rotatable bonds is 3. The maximum atomic E-state index is 8.75. The Morgan fingerprint density at radius 2 is 2.36 bits per heavy atom. The zero-order valence-electron chi connectivity index (χ0n) is 9.53. The van der Waals surface area contributed by atoms with Gasteiger partial charge in [0.15, 0.2) is 0 Å². The third kappa shape index (κ3) is 3.28. The standard InChI is InChI=1S/C11H21N3/c1-10(7-12)8-14(3)11-5-4-6-13(2)9-11/h10-11H,4-6,8-9H2,1-3H3. The first-order valence-corrected chi connectivity index (χ1v) is 5.42.